The Morgan fingerprint density at radius 2 is 1.45 bits per heavy atom. The molecule has 1 atom stereocenters. The number of aryl methyl sites for hydroxylation is 1. The van der Waals surface area contributed by atoms with Gasteiger partial charge in [0, 0.05) is 6.61 Å². The summed E-state index contributed by atoms with van der Waals surface area (Å²) in [6.45, 7) is 11.4. The first kappa shape index (κ1) is 27.5. The van der Waals surface area contributed by atoms with Crippen molar-refractivity contribution in [1.82, 2.24) is 5.06 Å². The Hall–Kier alpha value is -1.55. The van der Waals surface area contributed by atoms with Gasteiger partial charge < -0.3 is 9.57 Å². The van der Waals surface area contributed by atoms with Gasteiger partial charge in [0.2, 0.25) is 0 Å². The van der Waals surface area contributed by atoms with Gasteiger partial charge in [0.1, 0.15) is 6.23 Å². The second kappa shape index (κ2) is 14.5. The number of rotatable bonds is 14. The lowest BCUT2D eigenvalue weighted by atomic mass is 9.93. The number of hydrogen-bond donors (Lipinski definition) is 0. The summed E-state index contributed by atoms with van der Waals surface area (Å²) in [6, 6.07) is 18.9. The Morgan fingerprint density at radius 3 is 2.13 bits per heavy atom. The molecule has 2 rings (SSSR count). The van der Waals surface area contributed by atoms with Crippen LogP contribution in [0.25, 0.3) is 0 Å². The number of nitrogens with zero attached hydrogens (tertiary/aromatic N) is 1. The van der Waals surface area contributed by atoms with Crippen molar-refractivity contribution >= 4 is 12.4 Å². The maximum atomic E-state index is 6.58. The number of para-hydroxylation sites is 1. The molecule has 2 aromatic rings. The molecule has 2 aromatic carbocycles. The third kappa shape index (κ3) is 8.48. The number of hydroxylamine groups is 2. The van der Waals surface area contributed by atoms with Gasteiger partial charge in [-0.3, -0.25) is 0 Å². The third-order valence-electron chi connectivity index (χ3n) is 5.74. The highest BCUT2D eigenvalue weighted by atomic mass is 35.5. The van der Waals surface area contributed by atoms with Crippen LogP contribution < -0.4 is 4.84 Å². The molecule has 0 spiro atoms. The smallest absolute Gasteiger partial charge is 0.150 e. The average molecular weight is 448 g/mol. The molecule has 0 fully saturated rings. The van der Waals surface area contributed by atoms with E-state index in [1.165, 1.54) is 49.7 Å². The van der Waals surface area contributed by atoms with Crippen LogP contribution in [0.15, 0.2) is 54.6 Å². The van der Waals surface area contributed by atoms with Gasteiger partial charge in [0.05, 0.1) is 5.54 Å². The predicted octanol–water partition coefficient (Wildman–Crippen LogP) is 7.93. The lowest BCUT2D eigenvalue weighted by Gasteiger charge is -2.41. The van der Waals surface area contributed by atoms with E-state index in [1.54, 1.807) is 0 Å². The van der Waals surface area contributed by atoms with E-state index < -0.39 is 0 Å². The molecule has 31 heavy (non-hydrogen) atoms. The zero-order valence-corrected chi connectivity index (χ0v) is 20.9. The molecular formula is C27H42ClNO2. The molecule has 0 bridgehead atoms. The summed E-state index contributed by atoms with van der Waals surface area (Å²) in [5.41, 5.74) is 2.12. The monoisotopic (exact) mass is 447 g/mol. The Kier molecular flexibility index (Phi) is 12.9. The zero-order valence-electron chi connectivity index (χ0n) is 20.1. The molecule has 4 heteroatoms. The normalized spacial score (nSPS) is 12.5. The average Bonchev–Trinajstić information content (AvgIpc) is 2.76. The van der Waals surface area contributed by atoms with Crippen molar-refractivity contribution < 1.29 is 9.57 Å². The van der Waals surface area contributed by atoms with Crippen LogP contribution in [0.2, 0.25) is 0 Å². The highest BCUT2D eigenvalue weighted by Gasteiger charge is 2.35. The predicted molar refractivity (Wildman–Crippen MR) is 134 cm³/mol. The van der Waals surface area contributed by atoms with Crippen LogP contribution >= 0.6 is 12.4 Å². The highest BCUT2D eigenvalue weighted by Crippen LogP contribution is 2.33. The zero-order chi connectivity index (χ0) is 21.8. The fraction of sp³-hybridized carbons (Fsp3) is 0.556. The Balaban J connectivity index is 0.00000480. The summed E-state index contributed by atoms with van der Waals surface area (Å²) in [4.78, 5) is 6.58. The molecule has 0 radical (unpaired) electrons. The van der Waals surface area contributed by atoms with E-state index >= 15 is 0 Å². The molecule has 0 aliphatic heterocycles. The maximum Gasteiger partial charge on any atom is 0.150 e. The fourth-order valence-corrected chi connectivity index (χ4v) is 3.93. The van der Waals surface area contributed by atoms with Crippen LogP contribution in [0.3, 0.4) is 0 Å². The second-order valence-corrected chi connectivity index (χ2v) is 8.52. The molecule has 3 nitrogen and oxygen atoms in total. The summed E-state index contributed by atoms with van der Waals surface area (Å²) < 4.78 is 5.96. The van der Waals surface area contributed by atoms with Crippen LogP contribution in [0.4, 0.5) is 0 Å². The van der Waals surface area contributed by atoms with Crippen molar-refractivity contribution in [1.29, 1.82) is 0 Å². The van der Waals surface area contributed by atoms with E-state index in [1.807, 2.05) is 18.1 Å². The largest absolute Gasteiger partial charge is 0.402 e. The number of benzene rings is 2. The van der Waals surface area contributed by atoms with Crippen LogP contribution in [0.5, 0.6) is 5.75 Å². The molecule has 0 aliphatic rings. The molecule has 0 aliphatic carbocycles. The van der Waals surface area contributed by atoms with Crippen molar-refractivity contribution in [2.45, 2.75) is 91.3 Å². The van der Waals surface area contributed by atoms with Crippen molar-refractivity contribution in [2.24, 2.45) is 0 Å². The molecule has 1 unspecified atom stereocenters. The van der Waals surface area contributed by atoms with Gasteiger partial charge in [-0.25, -0.2) is 0 Å². The molecule has 0 saturated heterocycles. The van der Waals surface area contributed by atoms with Crippen LogP contribution in [0, 0.1) is 0 Å². The first-order chi connectivity index (χ1) is 14.5. The lowest BCUT2D eigenvalue weighted by Crippen LogP contribution is -2.50. The van der Waals surface area contributed by atoms with Gasteiger partial charge in [-0.15, -0.1) is 17.5 Å². The molecule has 0 N–H and O–H groups in total. The summed E-state index contributed by atoms with van der Waals surface area (Å²) >= 11 is 0. The van der Waals surface area contributed by atoms with E-state index in [0.29, 0.717) is 6.61 Å². The quantitative estimate of drug-likeness (QED) is 0.167. The van der Waals surface area contributed by atoms with Crippen LogP contribution in [0.1, 0.15) is 84.3 Å². The molecule has 0 saturated carbocycles. The topological polar surface area (TPSA) is 21.7 Å². The van der Waals surface area contributed by atoms with E-state index in [2.05, 4.69) is 76.2 Å². The number of halogens is 1. The van der Waals surface area contributed by atoms with E-state index in [4.69, 9.17) is 9.57 Å². The fourth-order valence-electron chi connectivity index (χ4n) is 3.93. The maximum absolute atomic E-state index is 6.58. The Labute approximate surface area is 196 Å². The summed E-state index contributed by atoms with van der Waals surface area (Å²) in [5, 5.41) is 2.01. The van der Waals surface area contributed by atoms with E-state index in [9.17, 15) is 0 Å². The summed E-state index contributed by atoms with van der Waals surface area (Å²) in [6.07, 6.45) is 8.67. The Bertz CT molecular complexity index is 720. The molecule has 0 amide bonds. The minimum Gasteiger partial charge on any atom is -0.402 e. The highest BCUT2D eigenvalue weighted by molar-refractivity contribution is 5.85. The van der Waals surface area contributed by atoms with Gasteiger partial charge in [-0.2, -0.15) is 0 Å². The SMILES string of the molecule is CCCCCCCCc1ccccc1ON(C(C)OCC)C(C)(C)c1ccccc1.Cl. The number of ether oxygens (including phenoxy) is 1. The third-order valence-corrected chi connectivity index (χ3v) is 5.74. The van der Waals surface area contributed by atoms with E-state index in [0.717, 1.165) is 12.2 Å². The number of hydrogen-bond acceptors (Lipinski definition) is 3. The molecule has 0 aromatic heterocycles. The summed E-state index contributed by atoms with van der Waals surface area (Å²) in [5.74, 6) is 0.932. The first-order valence-corrected chi connectivity index (χ1v) is 11.7. The standard InChI is InChI=1S/C27H41NO2.ClH/c1-6-8-9-10-11-13-18-24-19-16-17-22-26(24)30-28(23(3)29-7-2)27(4,5)25-20-14-12-15-21-25;/h12,14-17,19-23H,6-11,13,18H2,1-5H3;1H. The van der Waals surface area contributed by atoms with Gasteiger partial charge in [0.25, 0.3) is 0 Å². The molecule has 0 heterocycles. The van der Waals surface area contributed by atoms with E-state index in [-0.39, 0.29) is 24.2 Å². The van der Waals surface area contributed by atoms with Crippen molar-refractivity contribution in [3.63, 3.8) is 0 Å². The van der Waals surface area contributed by atoms with Crippen molar-refractivity contribution in [3.8, 4) is 5.75 Å². The van der Waals surface area contributed by atoms with Crippen molar-refractivity contribution in [2.75, 3.05) is 6.61 Å². The van der Waals surface area contributed by atoms with Gasteiger partial charge in [-0.1, -0.05) is 87.6 Å². The molecule has 174 valence electrons. The second-order valence-electron chi connectivity index (χ2n) is 8.52. The van der Waals surface area contributed by atoms with Gasteiger partial charge in [-0.05, 0) is 57.7 Å². The Morgan fingerprint density at radius 1 is 0.839 bits per heavy atom. The molecular weight excluding hydrogens is 406 g/mol. The van der Waals surface area contributed by atoms with Crippen molar-refractivity contribution in [3.05, 3.63) is 65.7 Å². The summed E-state index contributed by atoms with van der Waals surface area (Å²) in [7, 11) is 0. The first-order valence-electron chi connectivity index (χ1n) is 11.7. The van der Waals surface area contributed by atoms with Gasteiger partial charge in [0.15, 0.2) is 5.75 Å². The lowest BCUT2D eigenvalue weighted by molar-refractivity contribution is -0.237. The van der Waals surface area contributed by atoms with Crippen LogP contribution in [-0.2, 0) is 16.7 Å². The number of unbranched alkanes of at least 4 members (excludes halogenated alkanes) is 5. The minimum absolute atomic E-state index is 0. The minimum atomic E-state index is -0.344. The van der Waals surface area contributed by atoms with Crippen LogP contribution in [-0.4, -0.2) is 17.9 Å². The van der Waals surface area contributed by atoms with Gasteiger partial charge >= 0.3 is 0 Å².